The molecule has 41 heavy (non-hydrogen) atoms. The maximum absolute atomic E-state index is 15.4. The summed E-state index contributed by atoms with van der Waals surface area (Å²) in [6, 6.07) is 3.21. The Kier molecular flexibility index (Phi) is 7.09. The molecule has 8 nitrogen and oxygen atoms in total. The molecule has 216 valence electrons. The summed E-state index contributed by atoms with van der Waals surface area (Å²) in [6.45, 7) is 0.0517. The molecule has 1 aromatic carbocycles. The highest BCUT2D eigenvalue weighted by atomic mass is 19.4. The van der Waals surface area contributed by atoms with Crippen molar-refractivity contribution in [2.24, 2.45) is 0 Å². The largest absolute Gasteiger partial charge is 0.416 e. The number of aromatic nitrogens is 4. The van der Waals surface area contributed by atoms with Crippen LogP contribution in [0.1, 0.15) is 40.5 Å². The van der Waals surface area contributed by atoms with E-state index < -0.39 is 41.6 Å². The number of imidazole rings is 1. The van der Waals surface area contributed by atoms with Gasteiger partial charge in [-0.2, -0.15) is 26.3 Å². The predicted octanol–water partition coefficient (Wildman–Crippen LogP) is 5.52. The number of nitrogens with two attached hydrogens (primary N) is 1. The summed E-state index contributed by atoms with van der Waals surface area (Å²) >= 11 is 0. The number of nitrogen functional groups attached to an aromatic ring is 1. The van der Waals surface area contributed by atoms with Crippen molar-refractivity contribution in [1.29, 1.82) is 0 Å². The van der Waals surface area contributed by atoms with E-state index in [9.17, 15) is 31.1 Å². The van der Waals surface area contributed by atoms with E-state index in [4.69, 9.17) is 5.73 Å². The number of likely N-dealkylation sites (N-methyl/N-ethyl adjacent to an activating group) is 1. The molecule has 15 heteroatoms. The highest BCUT2D eigenvalue weighted by Crippen LogP contribution is 2.39. The number of pyridine rings is 1. The van der Waals surface area contributed by atoms with E-state index in [0.717, 1.165) is 18.3 Å². The molecule has 0 bridgehead atoms. The van der Waals surface area contributed by atoms with Crippen molar-refractivity contribution in [2.45, 2.75) is 37.2 Å². The van der Waals surface area contributed by atoms with E-state index in [1.165, 1.54) is 36.5 Å². The fraction of sp³-hybridized carbons (Fsp3) is 0.308. The minimum Gasteiger partial charge on any atom is -0.382 e. The summed E-state index contributed by atoms with van der Waals surface area (Å²) in [7, 11) is 1.38. The lowest BCUT2D eigenvalue weighted by Gasteiger charge is -2.37. The van der Waals surface area contributed by atoms with Crippen LogP contribution in [0.3, 0.4) is 0 Å². The molecule has 1 amide bonds. The van der Waals surface area contributed by atoms with Crippen molar-refractivity contribution in [3.8, 4) is 11.3 Å². The molecule has 0 saturated carbocycles. The van der Waals surface area contributed by atoms with E-state index in [-0.39, 0.29) is 53.4 Å². The van der Waals surface area contributed by atoms with E-state index >= 15 is 4.39 Å². The molecule has 1 aliphatic rings. The van der Waals surface area contributed by atoms with Crippen LogP contribution in [0.4, 0.5) is 42.4 Å². The third kappa shape index (κ3) is 5.53. The number of hydrogen-bond donors (Lipinski definition) is 2. The van der Waals surface area contributed by atoms with Gasteiger partial charge in [0.05, 0.1) is 5.56 Å². The van der Waals surface area contributed by atoms with Gasteiger partial charge in [-0.1, -0.05) is 0 Å². The predicted molar refractivity (Wildman–Crippen MR) is 134 cm³/mol. The zero-order valence-corrected chi connectivity index (χ0v) is 21.3. The van der Waals surface area contributed by atoms with Gasteiger partial charge >= 0.3 is 12.4 Å². The summed E-state index contributed by atoms with van der Waals surface area (Å²) in [6.07, 6.45) is -5.16. The number of anilines is 2. The SMILES string of the molecule is CN1C[C@@H](c2nc(-c3ccc(C(=O)Nc4cc(C(F)(F)F)ccn4)cc3F)c3c(N)nccn23)CC[C@@H]1C(F)(F)F. The number of carbonyl (C=O) groups excluding carboxylic acids is 1. The Morgan fingerprint density at radius 2 is 1.80 bits per heavy atom. The number of carbonyl (C=O) groups is 1. The van der Waals surface area contributed by atoms with Gasteiger partial charge in [-0.15, -0.1) is 0 Å². The van der Waals surface area contributed by atoms with Crippen molar-refractivity contribution < 1.29 is 35.5 Å². The van der Waals surface area contributed by atoms with E-state index in [0.29, 0.717) is 11.9 Å². The molecule has 4 aromatic rings. The van der Waals surface area contributed by atoms with Gasteiger partial charge in [0.25, 0.3) is 5.91 Å². The van der Waals surface area contributed by atoms with Crippen LogP contribution in [0.2, 0.25) is 0 Å². The van der Waals surface area contributed by atoms with Crippen LogP contribution in [0.5, 0.6) is 0 Å². The lowest BCUT2D eigenvalue weighted by atomic mass is 9.92. The van der Waals surface area contributed by atoms with Crippen molar-refractivity contribution in [2.75, 3.05) is 24.6 Å². The van der Waals surface area contributed by atoms with Crippen LogP contribution in [0.15, 0.2) is 48.9 Å². The molecule has 3 aromatic heterocycles. The minimum absolute atomic E-state index is 0.00965. The van der Waals surface area contributed by atoms with Crippen LogP contribution in [0.25, 0.3) is 16.8 Å². The Bertz CT molecular complexity index is 1620. The molecule has 1 fully saturated rings. The van der Waals surface area contributed by atoms with Crippen LogP contribution in [-0.2, 0) is 6.18 Å². The molecule has 0 spiro atoms. The smallest absolute Gasteiger partial charge is 0.382 e. The van der Waals surface area contributed by atoms with Crippen molar-refractivity contribution >= 4 is 23.1 Å². The van der Waals surface area contributed by atoms with Gasteiger partial charge < -0.3 is 11.1 Å². The first-order valence-corrected chi connectivity index (χ1v) is 12.3. The molecule has 0 aliphatic carbocycles. The van der Waals surface area contributed by atoms with Crippen molar-refractivity contribution in [3.63, 3.8) is 0 Å². The number of likely N-dealkylation sites (tertiary alicyclic amines) is 1. The van der Waals surface area contributed by atoms with Gasteiger partial charge in [0.2, 0.25) is 0 Å². The first kappa shape index (κ1) is 28.3. The Labute approximate surface area is 228 Å². The number of halogens is 7. The van der Waals surface area contributed by atoms with Gasteiger partial charge in [-0.05, 0) is 50.2 Å². The highest BCUT2D eigenvalue weighted by Gasteiger charge is 2.45. The number of piperidine rings is 1. The average Bonchev–Trinajstić information content (AvgIpc) is 3.28. The summed E-state index contributed by atoms with van der Waals surface area (Å²) in [5, 5.41) is 2.21. The molecule has 2 atom stereocenters. The highest BCUT2D eigenvalue weighted by molar-refractivity contribution is 6.04. The number of nitrogens with zero attached hydrogens (tertiary/aromatic N) is 5. The molecular weight excluding hydrogens is 559 g/mol. The molecular formula is C26H22F7N7O. The average molecular weight is 581 g/mol. The minimum atomic E-state index is -4.65. The second-order valence-corrected chi connectivity index (χ2v) is 9.70. The van der Waals surface area contributed by atoms with Crippen molar-refractivity contribution in [3.05, 3.63) is 71.7 Å². The number of benzene rings is 1. The summed E-state index contributed by atoms with van der Waals surface area (Å²) < 4.78 is 96.0. The fourth-order valence-corrected chi connectivity index (χ4v) is 5.04. The fourth-order valence-electron chi connectivity index (χ4n) is 5.04. The van der Waals surface area contributed by atoms with Crippen LogP contribution >= 0.6 is 0 Å². The summed E-state index contributed by atoms with van der Waals surface area (Å²) in [4.78, 5) is 26.2. The van der Waals surface area contributed by atoms with E-state index in [2.05, 4.69) is 20.3 Å². The first-order chi connectivity index (χ1) is 19.2. The number of rotatable bonds is 4. The topological polar surface area (TPSA) is 101 Å². The lowest BCUT2D eigenvalue weighted by molar-refractivity contribution is -0.188. The Morgan fingerprint density at radius 1 is 1.05 bits per heavy atom. The number of hydrogen-bond acceptors (Lipinski definition) is 6. The third-order valence-corrected chi connectivity index (χ3v) is 7.00. The number of fused-ring (bicyclic) bond motifs is 1. The van der Waals surface area contributed by atoms with Gasteiger partial charge in [0.1, 0.15) is 40.5 Å². The standard InChI is InChI=1S/C26H22F7N7O/c1-39-12-14(3-5-18(39)26(31,32)33)23-38-20(21-22(34)36-8-9-40(21)23)16-4-2-13(10-17(16)27)24(41)37-19-11-15(6-7-35-19)25(28,29)30/h2,4,6-11,14,18H,3,5,12H2,1H3,(H2,34,36)(H,35,37,41)/t14-,18+/m0/s1. The van der Waals surface area contributed by atoms with Crippen LogP contribution in [0, 0.1) is 5.82 Å². The number of alkyl halides is 6. The van der Waals surface area contributed by atoms with Gasteiger partial charge in [-0.25, -0.2) is 19.3 Å². The maximum Gasteiger partial charge on any atom is 0.416 e. The Morgan fingerprint density at radius 3 is 2.46 bits per heavy atom. The molecule has 0 radical (unpaired) electrons. The second-order valence-electron chi connectivity index (χ2n) is 9.70. The molecule has 1 saturated heterocycles. The number of amides is 1. The third-order valence-electron chi connectivity index (χ3n) is 7.00. The van der Waals surface area contributed by atoms with E-state index in [1.807, 2.05) is 0 Å². The number of nitrogens with one attached hydrogen (secondary N) is 1. The summed E-state index contributed by atoms with van der Waals surface area (Å²) in [5.74, 6) is -2.19. The monoisotopic (exact) mass is 581 g/mol. The second kappa shape index (κ2) is 10.3. The molecule has 0 unspecified atom stereocenters. The zero-order chi connectivity index (χ0) is 29.7. The quantitative estimate of drug-likeness (QED) is 0.308. The Balaban J connectivity index is 1.46. The van der Waals surface area contributed by atoms with Gasteiger partial charge in [0, 0.05) is 42.2 Å². The lowest BCUT2D eigenvalue weighted by Crippen LogP contribution is -2.48. The normalized spacial score (nSPS) is 18.5. The van der Waals surface area contributed by atoms with Crippen LogP contribution in [-0.4, -0.2) is 56.0 Å². The first-order valence-electron chi connectivity index (χ1n) is 12.3. The molecule has 3 N–H and O–H groups in total. The van der Waals surface area contributed by atoms with Crippen molar-refractivity contribution in [1.82, 2.24) is 24.3 Å². The van der Waals surface area contributed by atoms with Crippen LogP contribution < -0.4 is 11.1 Å². The van der Waals surface area contributed by atoms with E-state index in [1.54, 1.807) is 4.40 Å². The maximum atomic E-state index is 15.4. The van der Waals surface area contributed by atoms with Gasteiger partial charge in [-0.3, -0.25) is 14.1 Å². The Hall–Kier alpha value is -4.27. The molecule has 5 rings (SSSR count). The molecule has 4 heterocycles. The zero-order valence-electron chi connectivity index (χ0n) is 21.3. The van der Waals surface area contributed by atoms with Gasteiger partial charge in [0.15, 0.2) is 0 Å². The summed E-state index contributed by atoms with van der Waals surface area (Å²) in [5.41, 5.74) is 5.14. The molecule has 1 aliphatic heterocycles.